The lowest BCUT2D eigenvalue weighted by atomic mass is 10.2. The van der Waals surface area contributed by atoms with Crippen LogP contribution in [0.2, 0.25) is 0 Å². The minimum atomic E-state index is -0.271. The normalized spacial score (nSPS) is 11.0. The second-order valence-electron chi connectivity index (χ2n) is 4.20. The molecule has 1 aromatic rings. The van der Waals surface area contributed by atoms with E-state index in [1.807, 2.05) is 0 Å². The second-order valence-corrected chi connectivity index (χ2v) is 4.20. The molecule has 0 fully saturated rings. The summed E-state index contributed by atoms with van der Waals surface area (Å²) in [5, 5.41) is 3.28. The van der Waals surface area contributed by atoms with E-state index < -0.39 is 0 Å². The van der Waals surface area contributed by atoms with E-state index in [4.69, 9.17) is 0 Å². The highest BCUT2D eigenvalue weighted by molar-refractivity contribution is 5.09. The van der Waals surface area contributed by atoms with Gasteiger partial charge in [0.05, 0.1) is 6.20 Å². The van der Waals surface area contributed by atoms with Crippen molar-refractivity contribution < 1.29 is 4.39 Å². The van der Waals surface area contributed by atoms with Crippen LogP contribution in [-0.4, -0.2) is 37.1 Å². The van der Waals surface area contributed by atoms with E-state index in [2.05, 4.69) is 29.3 Å². The lowest BCUT2D eigenvalue weighted by molar-refractivity contribution is 0.391. The molecule has 0 saturated heterocycles. The molecule has 0 spiro atoms. The van der Waals surface area contributed by atoms with E-state index in [1.54, 1.807) is 6.20 Å². The van der Waals surface area contributed by atoms with E-state index in [-0.39, 0.29) is 5.82 Å². The molecule has 1 rings (SSSR count). The van der Waals surface area contributed by atoms with Crippen molar-refractivity contribution in [3.63, 3.8) is 0 Å². The SMILES string of the molecule is CN(C)CCCCNCc1cncc(F)c1. The minimum absolute atomic E-state index is 0.271. The average Bonchev–Trinajstić information content (AvgIpc) is 2.23. The smallest absolute Gasteiger partial charge is 0.141 e. The van der Waals surface area contributed by atoms with Crippen LogP contribution < -0.4 is 5.32 Å². The zero-order valence-electron chi connectivity index (χ0n) is 10.0. The maximum absolute atomic E-state index is 12.8. The standard InChI is InChI=1S/C12H20FN3/c1-16(2)6-4-3-5-14-8-11-7-12(13)10-15-9-11/h7,9-10,14H,3-6,8H2,1-2H3. The predicted octanol–water partition coefficient (Wildman–Crippen LogP) is 1.65. The lowest BCUT2D eigenvalue weighted by Gasteiger charge is -2.09. The summed E-state index contributed by atoms with van der Waals surface area (Å²) in [6.45, 7) is 2.76. The first kappa shape index (κ1) is 13.1. The van der Waals surface area contributed by atoms with Gasteiger partial charge in [0.1, 0.15) is 5.82 Å². The van der Waals surface area contributed by atoms with Crippen molar-refractivity contribution >= 4 is 0 Å². The molecule has 4 heteroatoms. The highest BCUT2D eigenvalue weighted by Crippen LogP contribution is 2.00. The summed E-state index contributed by atoms with van der Waals surface area (Å²) in [6.07, 6.45) is 5.23. The summed E-state index contributed by atoms with van der Waals surface area (Å²) >= 11 is 0. The third-order valence-electron chi connectivity index (χ3n) is 2.30. The fraction of sp³-hybridized carbons (Fsp3) is 0.583. The van der Waals surface area contributed by atoms with E-state index in [0.29, 0.717) is 6.54 Å². The molecule has 1 N–H and O–H groups in total. The average molecular weight is 225 g/mol. The summed E-state index contributed by atoms with van der Waals surface area (Å²) in [4.78, 5) is 5.98. The van der Waals surface area contributed by atoms with Crippen molar-refractivity contribution in [3.05, 3.63) is 29.8 Å². The fourth-order valence-electron chi connectivity index (χ4n) is 1.46. The van der Waals surface area contributed by atoms with Crippen LogP contribution >= 0.6 is 0 Å². The Kier molecular flexibility index (Phi) is 5.96. The molecule has 0 aromatic carbocycles. The molecule has 0 atom stereocenters. The zero-order chi connectivity index (χ0) is 11.8. The number of aromatic nitrogens is 1. The van der Waals surface area contributed by atoms with Gasteiger partial charge < -0.3 is 10.2 Å². The van der Waals surface area contributed by atoms with Gasteiger partial charge in [0.15, 0.2) is 0 Å². The van der Waals surface area contributed by atoms with E-state index in [9.17, 15) is 4.39 Å². The molecule has 3 nitrogen and oxygen atoms in total. The van der Waals surface area contributed by atoms with Crippen LogP contribution in [0.1, 0.15) is 18.4 Å². The Hall–Kier alpha value is -1.00. The summed E-state index contributed by atoms with van der Waals surface area (Å²) in [5.41, 5.74) is 0.896. The topological polar surface area (TPSA) is 28.2 Å². The van der Waals surface area contributed by atoms with Crippen LogP contribution in [0, 0.1) is 5.82 Å². The van der Waals surface area contributed by atoms with Crippen LogP contribution in [0.4, 0.5) is 4.39 Å². The number of pyridine rings is 1. The third-order valence-corrected chi connectivity index (χ3v) is 2.30. The van der Waals surface area contributed by atoms with Crippen molar-refractivity contribution in [2.24, 2.45) is 0 Å². The molecule has 0 unspecified atom stereocenters. The highest BCUT2D eigenvalue weighted by atomic mass is 19.1. The summed E-state index contributed by atoms with van der Waals surface area (Å²) in [5.74, 6) is -0.271. The van der Waals surface area contributed by atoms with E-state index in [1.165, 1.54) is 18.7 Å². The van der Waals surface area contributed by atoms with Crippen LogP contribution in [0.5, 0.6) is 0 Å². The van der Waals surface area contributed by atoms with Gasteiger partial charge in [0.2, 0.25) is 0 Å². The summed E-state index contributed by atoms with van der Waals surface area (Å²) in [7, 11) is 4.15. The van der Waals surface area contributed by atoms with Gasteiger partial charge in [-0.1, -0.05) is 0 Å². The van der Waals surface area contributed by atoms with E-state index >= 15 is 0 Å². The molecular formula is C12H20FN3. The van der Waals surface area contributed by atoms with Gasteiger partial charge in [-0.05, 0) is 51.7 Å². The van der Waals surface area contributed by atoms with E-state index in [0.717, 1.165) is 25.1 Å². The number of hydrogen-bond donors (Lipinski definition) is 1. The number of rotatable bonds is 7. The van der Waals surface area contributed by atoms with Crippen molar-refractivity contribution in [1.29, 1.82) is 0 Å². The van der Waals surface area contributed by atoms with Gasteiger partial charge >= 0.3 is 0 Å². The van der Waals surface area contributed by atoms with Crippen LogP contribution in [0.3, 0.4) is 0 Å². The molecule has 0 aliphatic rings. The quantitative estimate of drug-likeness (QED) is 0.715. The number of hydrogen-bond acceptors (Lipinski definition) is 3. The monoisotopic (exact) mass is 225 g/mol. The first-order chi connectivity index (χ1) is 7.68. The first-order valence-corrected chi connectivity index (χ1v) is 5.63. The van der Waals surface area contributed by atoms with Gasteiger partial charge in [0.25, 0.3) is 0 Å². The zero-order valence-corrected chi connectivity index (χ0v) is 10.0. The Labute approximate surface area is 96.7 Å². The molecule has 0 saturated carbocycles. The van der Waals surface area contributed by atoms with Gasteiger partial charge in [-0.2, -0.15) is 0 Å². The largest absolute Gasteiger partial charge is 0.313 e. The Bertz CT molecular complexity index is 302. The molecular weight excluding hydrogens is 205 g/mol. The van der Waals surface area contributed by atoms with Crippen molar-refractivity contribution in [1.82, 2.24) is 15.2 Å². The van der Waals surface area contributed by atoms with Crippen LogP contribution in [0.15, 0.2) is 18.5 Å². The Balaban J connectivity index is 2.07. The number of halogens is 1. The molecule has 0 aliphatic heterocycles. The molecule has 1 heterocycles. The van der Waals surface area contributed by atoms with Crippen molar-refractivity contribution in [3.8, 4) is 0 Å². The first-order valence-electron chi connectivity index (χ1n) is 5.63. The van der Waals surface area contributed by atoms with Crippen molar-refractivity contribution in [2.45, 2.75) is 19.4 Å². The molecule has 90 valence electrons. The van der Waals surface area contributed by atoms with Gasteiger partial charge in [0, 0.05) is 12.7 Å². The number of unbranched alkanes of at least 4 members (excludes halogenated alkanes) is 1. The van der Waals surface area contributed by atoms with Gasteiger partial charge in [-0.3, -0.25) is 4.98 Å². The Morgan fingerprint density at radius 3 is 2.81 bits per heavy atom. The number of nitrogens with one attached hydrogen (secondary N) is 1. The molecule has 0 radical (unpaired) electrons. The lowest BCUT2D eigenvalue weighted by Crippen LogP contribution is -2.18. The fourth-order valence-corrected chi connectivity index (χ4v) is 1.46. The summed E-state index contributed by atoms with van der Waals surface area (Å²) < 4.78 is 12.8. The molecule has 0 amide bonds. The Morgan fingerprint density at radius 1 is 1.31 bits per heavy atom. The van der Waals surface area contributed by atoms with Gasteiger partial charge in [-0.15, -0.1) is 0 Å². The predicted molar refractivity (Wildman–Crippen MR) is 63.7 cm³/mol. The van der Waals surface area contributed by atoms with Crippen LogP contribution in [0.25, 0.3) is 0 Å². The molecule has 0 bridgehead atoms. The third kappa shape index (κ3) is 5.78. The molecule has 1 aromatic heterocycles. The molecule has 0 aliphatic carbocycles. The Morgan fingerprint density at radius 2 is 2.12 bits per heavy atom. The maximum Gasteiger partial charge on any atom is 0.141 e. The molecule has 16 heavy (non-hydrogen) atoms. The summed E-state index contributed by atoms with van der Waals surface area (Å²) in [6, 6.07) is 1.51. The van der Waals surface area contributed by atoms with Crippen LogP contribution in [-0.2, 0) is 6.54 Å². The maximum atomic E-state index is 12.8. The minimum Gasteiger partial charge on any atom is -0.313 e. The van der Waals surface area contributed by atoms with Crippen molar-refractivity contribution in [2.75, 3.05) is 27.2 Å². The highest BCUT2D eigenvalue weighted by Gasteiger charge is 1.96. The van der Waals surface area contributed by atoms with Gasteiger partial charge in [-0.25, -0.2) is 4.39 Å². The second kappa shape index (κ2) is 7.30. The number of nitrogens with zero attached hydrogens (tertiary/aromatic N) is 2.